The molecule has 0 radical (unpaired) electrons. The Morgan fingerprint density at radius 3 is 1.75 bits per heavy atom. The lowest BCUT2D eigenvalue weighted by molar-refractivity contribution is 0.668. The van der Waals surface area contributed by atoms with Gasteiger partial charge in [-0.3, -0.25) is 0 Å². The maximum absolute atomic E-state index is 10.0. The van der Waals surface area contributed by atoms with Gasteiger partial charge >= 0.3 is 0 Å². The molecule has 0 bridgehead atoms. The van der Waals surface area contributed by atoms with Crippen molar-refractivity contribution >= 4 is 65.6 Å². The van der Waals surface area contributed by atoms with Crippen LogP contribution < -0.4 is 0 Å². The molecule has 0 saturated heterocycles. The molecule has 0 amide bonds. The molecule has 0 fully saturated rings. The summed E-state index contributed by atoms with van der Waals surface area (Å²) < 4.78 is 75.7. The molecule has 3 nitrogen and oxygen atoms in total. The van der Waals surface area contributed by atoms with Gasteiger partial charge in [0.1, 0.15) is 11.2 Å². The number of para-hydroxylation sites is 2. The summed E-state index contributed by atoms with van der Waals surface area (Å²) in [6.45, 7) is 0. The molecule has 0 spiro atoms. The fourth-order valence-corrected chi connectivity index (χ4v) is 9.42. The van der Waals surface area contributed by atoms with Crippen molar-refractivity contribution in [3.63, 3.8) is 0 Å². The van der Waals surface area contributed by atoms with E-state index in [1.807, 2.05) is 97.1 Å². The van der Waals surface area contributed by atoms with Crippen LogP contribution in [0.4, 0.5) is 0 Å². The van der Waals surface area contributed by atoms with Gasteiger partial charge in [-0.15, -0.1) is 0 Å². The van der Waals surface area contributed by atoms with Crippen LogP contribution in [0.15, 0.2) is 235 Å². The predicted octanol–water partition coefficient (Wildman–Crippen LogP) is 16.4. The third kappa shape index (κ3) is 5.67. The SMILES string of the molecule is [2H]c1c([2H])c([2H])c2c(c1[2H])c1c([2H])c(-c3ccc4c(c3)c3c(-c5ccccc5)cccc3n4-c3ccc4c(c3)oc3ccccc34)c([2H])c([2H])c1n2-c1ccc(-c2ccc(-c3ccccc3)cc2)cc1. The molecule has 0 saturated carbocycles. The van der Waals surface area contributed by atoms with E-state index in [0.29, 0.717) is 11.3 Å². The average Bonchev–Trinajstić information content (AvgIpc) is 4.08. The van der Waals surface area contributed by atoms with Crippen LogP contribution in [0.2, 0.25) is 0 Å². The van der Waals surface area contributed by atoms with Crippen molar-refractivity contribution in [1.82, 2.24) is 9.13 Å². The first kappa shape index (κ1) is 29.0. The third-order valence-corrected chi connectivity index (χ3v) is 12.4. The molecule has 294 valence electrons. The summed E-state index contributed by atoms with van der Waals surface area (Å²) in [5, 5.41) is 4.23. The van der Waals surface area contributed by atoms with Gasteiger partial charge < -0.3 is 13.6 Å². The molecule has 3 heteroatoms. The number of benzene rings is 10. The Morgan fingerprint density at radius 2 is 0.952 bits per heavy atom. The number of nitrogens with zero attached hydrogens (tertiary/aromatic N) is 2. The first-order chi connectivity index (χ1) is 34.2. The molecule has 0 N–H and O–H groups in total. The van der Waals surface area contributed by atoms with Crippen LogP contribution in [0.1, 0.15) is 9.60 Å². The van der Waals surface area contributed by atoms with Crippen LogP contribution in [0.3, 0.4) is 0 Å². The van der Waals surface area contributed by atoms with Crippen LogP contribution in [0.5, 0.6) is 0 Å². The summed E-state index contributed by atoms with van der Waals surface area (Å²) in [7, 11) is 0. The molecule has 13 rings (SSSR count). The highest BCUT2D eigenvalue weighted by Crippen LogP contribution is 2.42. The Labute approximate surface area is 373 Å². The van der Waals surface area contributed by atoms with Gasteiger partial charge in [-0.05, 0) is 111 Å². The first-order valence-electron chi connectivity index (χ1n) is 24.5. The van der Waals surface area contributed by atoms with Gasteiger partial charge in [0.15, 0.2) is 0 Å². The second-order valence-electron chi connectivity index (χ2n) is 15.9. The Bertz CT molecular complexity index is 4290. The largest absolute Gasteiger partial charge is 0.456 e. The number of hydrogen-bond donors (Lipinski definition) is 0. The van der Waals surface area contributed by atoms with E-state index in [4.69, 9.17) is 7.16 Å². The first-order valence-corrected chi connectivity index (χ1v) is 21.0. The number of hydrogen-bond acceptors (Lipinski definition) is 1. The zero-order valence-electron chi connectivity index (χ0n) is 40.7. The van der Waals surface area contributed by atoms with E-state index in [-0.39, 0.29) is 57.6 Å². The lowest BCUT2D eigenvalue weighted by atomic mass is 9.97. The van der Waals surface area contributed by atoms with Gasteiger partial charge in [0.2, 0.25) is 0 Å². The summed E-state index contributed by atoms with van der Waals surface area (Å²) >= 11 is 0. The quantitative estimate of drug-likeness (QED) is 0.164. The minimum atomic E-state index is -0.434. The Hall–Kier alpha value is -8.40. The van der Waals surface area contributed by atoms with E-state index < -0.39 is 12.1 Å². The van der Waals surface area contributed by atoms with E-state index in [9.17, 15) is 6.85 Å². The minimum Gasteiger partial charge on any atom is -0.456 e. The third-order valence-electron chi connectivity index (χ3n) is 12.4. The van der Waals surface area contributed by atoms with Gasteiger partial charge in [-0.25, -0.2) is 0 Å². The van der Waals surface area contributed by atoms with Crippen molar-refractivity contribution in [3.05, 3.63) is 230 Å². The summed E-state index contributed by atoms with van der Waals surface area (Å²) in [5.41, 5.74) is 12.1. The minimum absolute atomic E-state index is 0.0957. The molecule has 0 aliphatic carbocycles. The number of aromatic nitrogens is 2. The van der Waals surface area contributed by atoms with Crippen molar-refractivity contribution in [2.24, 2.45) is 0 Å². The zero-order valence-corrected chi connectivity index (χ0v) is 33.7. The van der Waals surface area contributed by atoms with E-state index in [0.717, 1.165) is 82.8 Å². The highest BCUT2D eigenvalue weighted by Gasteiger charge is 2.19. The second kappa shape index (κ2) is 14.1. The molecular weight excluding hydrogens is 765 g/mol. The van der Waals surface area contributed by atoms with Crippen molar-refractivity contribution in [1.29, 1.82) is 0 Å². The number of rotatable bonds is 6. The molecule has 0 aliphatic rings. The molecular formula is C60H38N2O. The van der Waals surface area contributed by atoms with Gasteiger partial charge in [-0.1, -0.05) is 158 Å². The summed E-state index contributed by atoms with van der Waals surface area (Å²) in [6, 6.07) is 60.8. The smallest absolute Gasteiger partial charge is 0.137 e. The molecule has 63 heavy (non-hydrogen) atoms. The molecule has 0 aliphatic heterocycles. The molecule has 13 aromatic rings. The molecule has 3 heterocycles. The van der Waals surface area contributed by atoms with Gasteiger partial charge in [-0.2, -0.15) is 0 Å². The monoisotopic (exact) mass is 809 g/mol. The van der Waals surface area contributed by atoms with Crippen molar-refractivity contribution in [3.8, 4) is 55.9 Å². The summed E-state index contributed by atoms with van der Waals surface area (Å²) in [5.74, 6) is 0. The highest BCUT2D eigenvalue weighted by atomic mass is 16.3. The molecule has 0 unspecified atom stereocenters. The Kier molecular flexibility index (Phi) is 6.48. The van der Waals surface area contributed by atoms with Gasteiger partial charge in [0.25, 0.3) is 0 Å². The van der Waals surface area contributed by atoms with Crippen LogP contribution in [0.25, 0.3) is 121 Å². The van der Waals surface area contributed by atoms with Crippen molar-refractivity contribution < 1.29 is 14.0 Å². The van der Waals surface area contributed by atoms with Crippen LogP contribution in [0, 0.1) is 0 Å². The average molecular weight is 810 g/mol. The fraction of sp³-hybridized carbons (Fsp3) is 0. The van der Waals surface area contributed by atoms with Crippen molar-refractivity contribution in [2.45, 2.75) is 0 Å². The lowest BCUT2D eigenvalue weighted by Gasteiger charge is -2.11. The summed E-state index contributed by atoms with van der Waals surface area (Å²) in [4.78, 5) is 0. The highest BCUT2D eigenvalue weighted by molar-refractivity contribution is 6.17. The summed E-state index contributed by atoms with van der Waals surface area (Å²) in [6.07, 6.45) is 0. The van der Waals surface area contributed by atoms with Crippen LogP contribution in [-0.4, -0.2) is 9.13 Å². The van der Waals surface area contributed by atoms with E-state index in [1.54, 1.807) is 4.57 Å². The normalized spacial score (nSPS) is 13.4. The number of furan rings is 1. The van der Waals surface area contributed by atoms with E-state index in [1.165, 1.54) is 0 Å². The standard InChI is InChI=1S/C60H38N2O/c1-3-12-39(13-4-1)40-22-24-41(25-23-40)42-26-30-46(31-27-42)61-54-19-9-7-16-49(54)52-36-44(28-34-55(52)61)45-29-35-56-53(37-45)60-48(43-14-5-2-6-15-43)18-11-20-57(60)62(56)47-32-33-51-50-17-8-10-21-58(50)63-59(51)38-47/h1-38H/i7D,9D,16D,19D,28D,34D,36D. The zero-order chi connectivity index (χ0) is 47.5. The molecule has 10 aromatic carbocycles. The van der Waals surface area contributed by atoms with Gasteiger partial charge in [0.05, 0.1) is 31.7 Å². The maximum atomic E-state index is 10.0. The number of fused-ring (bicyclic) bond motifs is 9. The predicted molar refractivity (Wildman–Crippen MR) is 264 cm³/mol. The lowest BCUT2D eigenvalue weighted by Crippen LogP contribution is -1.94. The Morgan fingerprint density at radius 1 is 0.333 bits per heavy atom. The molecule has 0 atom stereocenters. The Balaban J connectivity index is 1.02. The second-order valence-corrected chi connectivity index (χ2v) is 15.9. The van der Waals surface area contributed by atoms with Crippen molar-refractivity contribution in [2.75, 3.05) is 0 Å². The van der Waals surface area contributed by atoms with Gasteiger partial charge in [0, 0.05) is 49.8 Å². The molecule has 3 aromatic heterocycles. The van der Waals surface area contributed by atoms with Crippen LogP contribution >= 0.6 is 0 Å². The maximum Gasteiger partial charge on any atom is 0.137 e. The fourth-order valence-electron chi connectivity index (χ4n) is 9.42. The van der Waals surface area contributed by atoms with Crippen LogP contribution in [-0.2, 0) is 0 Å². The topological polar surface area (TPSA) is 23.0 Å². The van der Waals surface area contributed by atoms with E-state index in [2.05, 4.69) is 95.6 Å². The van der Waals surface area contributed by atoms with E-state index >= 15 is 0 Å².